The zero-order valence-corrected chi connectivity index (χ0v) is 10.9. The maximum Gasteiger partial charge on any atom is 0.237 e. The molecule has 90 valence electrons. The molecular formula is C12H20N2OS. The zero-order chi connectivity index (χ0) is 12.1. The first-order valence-corrected chi connectivity index (χ1v) is 6.52. The molecule has 0 unspecified atom stereocenters. The number of nitrogens with one attached hydrogen (secondary N) is 1. The van der Waals surface area contributed by atoms with Crippen molar-refractivity contribution in [2.24, 2.45) is 11.7 Å². The lowest BCUT2D eigenvalue weighted by Gasteiger charge is -2.15. The van der Waals surface area contributed by atoms with Crippen molar-refractivity contribution < 1.29 is 4.79 Å². The van der Waals surface area contributed by atoms with Crippen LogP contribution in [-0.4, -0.2) is 11.9 Å². The zero-order valence-electron chi connectivity index (χ0n) is 10.1. The quantitative estimate of drug-likeness (QED) is 0.826. The summed E-state index contributed by atoms with van der Waals surface area (Å²) in [6, 6.07) is 1.69. The van der Waals surface area contributed by atoms with Crippen LogP contribution in [-0.2, 0) is 17.8 Å². The van der Waals surface area contributed by atoms with Gasteiger partial charge in [0.25, 0.3) is 0 Å². The molecule has 1 heterocycles. The number of aryl methyl sites for hydroxylation is 1. The molecule has 0 saturated carbocycles. The molecule has 0 aliphatic heterocycles. The van der Waals surface area contributed by atoms with Gasteiger partial charge in [-0.25, -0.2) is 0 Å². The van der Waals surface area contributed by atoms with Crippen molar-refractivity contribution in [1.29, 1.82) is 0 Å². The van der Waals surface area contributed by atoms with E-state index < -0.39 is 6.04 Å². The third-order valence-electron chi connectivity index (χ3n) is 2.66. The summed E-state index contributed by atoms with van der Waals surface area (Å²) in [5, 5.41) is 4.95. The maximum absolute atomic E-state index is 11.6. The van der Waals surface area contributed by atoms with Crippen molar-refractivity contribution in [2.75, 3.05) is 0 Å². The normalized spacial score (nSPS) is 12.8. The number of hydrogen-bond donors (Lipinski definition) is 2. The molecule has 0 saturated heterocycles. The van der Waals surface area contributed by atoms with Gasteiger partial charge >= 0.3 is 0 Å². The molecule has 1 rings (SSSR count). The van der Waals surface area contributed by atoms with Gasteiger partial charge in [0.15, 0.2) is 0 Å². The summed E-state index contributed by atoms with van der Waals surface area (Å²) >= 11 is 1.68. The molecule has 1 amide bonds. The highest BCUT2D eigenvalue weighted by Gasteiger charge is 2.16. The molecule has 0 aromatic carbocycles. The Balaban J connectivity index is 2.49. The van der Waals surface area contributed by atoms with Crippen LogP contribution in [0.5, 0.6) is 0 Å². The topological polar surface area (TPSA) is 55.1 Å². The number of carbonyl (C=O) groups is 1. The standard InChI is InChI=1S/C12H20N2OS/c1-4-9-5-6-16-10(9)7-14-12(15)11(13)8(2)3/h5-6,8,11H,4,7,13H2,1-3H3,(H,14,15)/t11-/m1/s1. The maximum atomic E-state index is 11.6. The highest BCUT2D eigenvalue weighted by molar-refractivity contribution is 7.10. The first kappa shape index (κ1) is 13.2. The Kier molecular flexibility index (Phi) is 4.96. The second-order valence-corrected chi connectivity index (χ2v) is 5.21. The predicted octanol–water partition coefficient (Wildman–Crippen LogP) is 1.91. The molecule has 1 aromatic heterocycles. The summed E-state index contributed by atoms with van der Waals surface area (Å²) in [5.74, 6) is 0.111. The van der Waals surface area contributed by atoms with Crippen LogP contribution in [0.25, 0.3) is 0 Å². The van der Waals surface area contributed by atoms with E-state index in [0.29, 0.717) is 6.54 Å². The minimum absolute atomic E-state index is 0.0644. The molecule has 1 atom stereocenters. The van der Waals surface area contributed by atoms with E-state index in [-0.39, 0.29) is 11.8 Å². The van der Waals surface area contributed by atoms with Crippen molar-refractivity contribution in [3.05, 3.63) is 21.9 Å². The van der Waals surface area contributed by atoms with Gasteiger partial charge in [-0.1, -0.05) is 20.8 Å². The molecule has 3 N–H and O–H groups in total. The second kappa shape index (κ2) is 6.01. The van der Waals surface area contributed by atoms with Crippen LogP contribution < -0.4 is 11.1 Å². The summed E-state index contributed by atoms with van der Waals surface area (Å²) in [6.45, 7) is 6.62. The fourth-order valence-corrected chi connectivity index (χ4v) is 2.34. The van der Waals surface area contributed by atoms with Crippen molar-refractivity contribution in [3.8, 4) is 0 Å². The molecule has 0 fully saturated rings. The summed E-state index contributed by atoms with van der Waals surface area (Å²) < 4.78 is 0. The molecule has 1 aromatic rings. The summed E-state index contributed by atoms with van der Waals surface area (Å²) in [5.41, 5.74) is 7.07. The number of amides is 1. The minimum atomic E-state index is -0.412. The molecule has 0 radical (unpaired) electrons. The van der Waals surface area contributed by atoms with E-state index in [4.69, 9.17) is 5.73 Å². The lowest BCUT2D eigenvalue weighted by atomic mass is 10.1. The Hall–Kier alpha value is -0.870. The summed E-state index contributed by atoms with van der Waals surface area (Å²) in [4.78, 5) is 12.9. The second-order valence-electron chi connectivity index (χ2n) is 4.21. The van der Waals surface area contributed by atoms with E-state index in [2.05, 4.69) is 23.7 Å². The van der Waals surface area contributed by atoms with Gasteiger partial charge in [0.1, 0.15) is 0 Å². The van der Waals surface area contributed by atoms with Gasteiger partial charge in [0.2, 0.25) is 5.91 Å². The van der Waals surface area contributed by atoms with Crippen molar-refractivity contribution in [1.82, 2.24) is 5.32 Å². The Morgan fingerprint density at radius 3 is 2.81 bits per heavy atom. The fourth-order valence-electron chi connectivity index (χ4n) is 1.43. The van der Waals surface area contributed by atoms with Gasteiger partial charge in [-0.2, -0.15) is 0 Å². The number of rotatable bonds is 5. The van der Waals surface area contributed by atoms with Gasteiger partial charge in [-0.15, -0.1) is 11.3 Å². The lowest BCUT2D eigenvalue weighted by Crippen LogP contribution is -2.43. The van der Waals surface area contributed by atoms with Crippen molar-refractivity contribution in [3.63, 3.8) is 0 Å². The highest BCUT2D eigenvalue weighted by atomic mass is 32.1. The van der Waals surface area contributed by atoms with Crippen LogP contribution in [0.1, 0.15) is 31.2 Å². The van der Waals surface area contributed by atoms with Crippen LogP contribution in [0.2, 0.25) is 0 Å². The molecular weight excluding hydrogens is 220 g/mol. The van der Waals surface area contributed by atoms with Gasteiger partial charge in [0.05, 0.1) is 12.6 Å². The molecule has 16 heavy (non-hydrogen) atoms. The highest BCUT2D eigenvalue weighted by Crippen LogP contribution is 2.16. The number of carbonyl (C=O) groups excluding carboxylic acids is 1. The van der Waals surface area contributed by atoms with Crippen LogP contribution in [0.15, 0.2) is 11.4 Å². The molecule has 3 nitrogen and oxygen atoms in total. The monoisotopic (exact) mass is 240 g/mol. The third kappa shape index (κ3) is 3.32. The van der Waals surface area contributed by atoms with E-state index >= 15 is 0 Å². The number of thiophene rings is 1. The van der Waals surface area contributed by atoms with Gasteiger partial charge in [-0.05, 0) is 29.3 Å². The average molecular weight is 240 g/mol. The smallest absolute Gasteiger partial charge is 0.237 e. The first-order valence-electron chi connectivity index (χ1n) is 5.64. The Morgan fingerprint density at radius 2 is 2.25 bits per heavy atom. The van der Waals surface area contributed by atoms with Crippen molar-refractivity contribution in [2.45, 2.75) is 39.8 Å². The van der Waals surface area contributed by atoms with Gasteiger partial charge in [-0.3, -0.25) is 4.79 Å². The molecule has 0 aliphatic rings. The van der Waals surface area contributed by atoms with Crippen LogP contribution >= 0.6 is 11.3 Å². The molecule has 0 aliphatic carbocycles. The third-order valence-corrected chi connectivity index (χ3v) is 3.63. The Morgan fingerprint density at radius 1 is 1.56 bits per heavy atom. The van der Waals surface area contributed by atoms with Crippen LogP contribution in [0.3, 0.4) is 0 Å². The fraction of sp³-hybridized carbons (Fsp3) is 0.583. The van der Waals surface area contributed by atoms with E-state index in [1.165, 1.54) is 10.4 Å². The van der Waals surface area contributed by atoms with E-state index in [1.807, 2.05) is 13.8 Å². The van der Waals surface area contributed by atoms with Gasteiger partial charge < -0.3 is 11.1 Å². The first-order chi connectivity index (χ1) is 7.56. The average Bonchev–Trinajstić information content (AvgIpc) is 2.71. The summed E-state index contributed by atoms with van der Waals surface area (Å²) in [6.07, 6.45) is 1.00. The van der Waals surface area contributed by atoms with Gasteiger partial charge in [0, 0.05) is 4.88 Å². The lowest BCUT2D eigenvalue weighted by molar-refractivity contribution is -0.123. The number of nitrogens with two attached hydrogens (primary N) is 1. The Bertz CT molecular complexity index is 347. The van der Waals surface area contributed by atoms with Crippen LogP contribution in [0, 0.1) is 5.92 Å². The van der Waals surface area contributed by atoms with E-state index in [1.54, 1.807) is 11.3 Å². The van der Waals surface area contributed by atoms with Crippen LogP contribution in [0.4, 0.5) is 0 Å². The molecule has 0 spiro atoms. The SMILES string of the molecule is CCc1ccsc1CNC(=O)[C@H](N)C(C)C. The predicted molar refractivity (Wildman–Crippen MR) is 68.4 cm³/mol. The molecule has 0 bridgehead atoms. The largest absolute Gasteiger partial charge is 0.350 e. The van der Waals surface area contributed by atoms with Crippen molar-refractivity contribution >= 4 is 17.2 Å². The number of hydrogen-bond acceptors (Lipinski definition) is 3. The minimum Gasteiger partial charge on any atom is -0.350 e. The molecule has 4 heteroatoms. The Labute approximate surface area is 101 Å². The van der Waals surface area contributed by atoms with E-state index in [9.17, 15) is 4.79 Å². The summed E-state index contributed by atoms with van der Waals surface area (Å²) in [7, 11) is 0. The van der Waals surface area contributed by atoms with E-state index in [0.717, 1.165) is 6.42 Å².